The lowest BCUT2D eigenvalue weighted by Gasteiger charge is -2.57. The Balaban J connectivity index is 1.32. The molecule has 1 aliphatic carbocycles. The fourth-order valence-corrected chi connectivity index (χ4v) is 5.59. The van der Waals surface area contributed by atoms with Crippen molar-refractivity contribution in [1.82, 2.24) is 9.80 Å². The van der Waals surface area contributed by atoms with Crippen molar-refractivity contribution < 1.29 is 4.42 Å². The Labute approximate surface area is 149 Å². The molecule has 1 saturated heterocycles. The molecule has 4 heteroatoms. The summed E-state index contributed by atoms with van der Waals surface area (Å²) in [6, 6.07) is 9.36. The average Bonchev–Trinajstić information content (AvgIpc) is 3.19. The number of piperidine rings is 1. The molecule has 0 bridgehead atoms. The van der Waals surface area contributed by atoms with Crippen LogP contribution in [0, 0.1) is 12.3 Å². The van der Waals surface area contributed by atoms with Crippen molar-refractivity contribution in [3.63, 3.8) is 0 Å². The first-order chi connectivity index (χ1) is 11.6. The zero-order valence-electron chi connectivity index (χ0n) is 14.8. The summed E-state index contributed by atoms with van der Waals surface area (Å²) in [5.41, 5.74) is 0.559. The minimum absolute atomic E-state index is 0.559. The van der Waals surface area contributed by atoms with Crippen LogP contribution in [0.2, 0.25) is 0 Å². The summed E-state index contributed by atoms with van der Waals surface area (Å²) in [4.78, 5) is 8.12. The molecule has 0 aromatic carbocycles. The third-order valence-electron chi connectivity index (χ3n) is 6.17. The molecule has 1 atom stereocenters. The number of hydrogen-bond donors (Lipinski definition) is 0. The van der Waals surface area contributed by atoms with Crippen molar-refractivity contribution in [2.45, 2.75) is 51.7 Å². The van der Waals surface area contributed by atoms with Crippen molar-refractivity contribution in [1.29, 1.82) is 0 Å². The number of hydrogen-bond acceptors (Lipinski definition) is 4. The molecule has 0 unspecified atom stereocenters. The minimum Gasteiger partial charge on any atom is -0.468 e. The van der Waals surface area contributed by atoms with E-state index >= 15 is 0 Å². The molecule has 1 spiro atoms. The van der Waals surface area contributed by atoms with Gasteiger partial charge in [-0.2, -0.15) is 0 Å². The van der Waals surface area contributed by atoms with E-state index in [1.54, 1.807) is 6.26 Å². The second kappa shape index (κ2) is 6.66. The molecule has 0 N–H and O–H groups in total. The van der Waals surface area contributed by atoms with Gasteiger partial charge in [0.1, 0.15) is 5.76 Å². The van der Waals surface area contributed by atoms with Crippen LogP contribution >= 0.6 is 11.3 Å². The van der Waals surface area contributed by atoms with Gasteiger partial charge in [-0.3, -0.25) is 9.80 Å². The summed E-state index contributed by atoms with van der Waals surface area (Å²) in [7, 11) is 2.27. The molecule has 3 heterocycles. The lowest BCUT2D eigenvalue weighted by molar-refractivity contribution is -0.0647. The van der Waals surface area contributed by atoms with E-state index in [-0.39, 0.29) is 0 Å². The van der Waals surface area contributed by atoms with Gasteiger partial charge in [0.25, 0.3) is 0 Å². The van der Waals surface area contributed by atoms with E-state index in [2.05, 4.69) is 42.0 Å². The number of likely N-dealkylation sites (tertiary alicyclic amines) is 1. The molecule has 1 aliphatic heterocycles. The molecular formula is C20H28N2OS. The van der Waals surface area contributed by atoms with Crippen LogP contribution in [0.1, 0.15) is 41.2 Å². The predicted octanol–water partition coefficient (Wildman–Crippen LogP) is 4.53. The normalized spacial score (nSPS) is 23.7. The standard InChI is InChI=1S/C20H28N2OS/c1-16-5-6-18(24-16)15-22-11-9-20(10-12-22)8-7-19(20)21(2)14-17-4-3-13-23-17/h3-6,13,19H,7-12,14-15H2,1-2H3/t19-/m0/s1. The molecule has 2 aromatic rings. The van der Waals surface area contributed by atoms with Gasteiger partial charge in [0.2, 0.25) is 0 Å². The lowest BCUT2D eigenvalue weighted by Crippen LogP contribution is -2.57. The Kier molecular flexibility index (Phi) is 4.54. The third kappa shape index (κ3) is 3.19. The first-order valence-corrected chi connectivity index (χ1v) is 9.97. The van der Waals surface area contributed by atoms with Gasteiger partial charge in [-0.25, -0.2) is 0 Å². The second-order valence-electron chi connectivity index (χ2n) is 7.70. The van der Waals surface area contributed by atoms with Gasteiger partial charge < -0.3 is 4.42 Å². The molecule has 1 saturated carbocycles. The van der Waals surface area contributed by atoms with Crippen molar-refractivity contribution >= 4 is 11.3 Å². The Morgan fingerprint density at radius 1 is 1.25 bits per heavy atom. The first kappa shape index (κ1) is 16.4. The summed E-state index contributed by atoms with van der Waals surface area (Å²) in [5.74, 6) is 1.09. The zero-order valence-corrected chi connectivity index (χ0v) is 15.6. The summed E-state index contributed by atoms with van der Waals surface area (Å²) >= 11 is 1.95. The average molecular weight is 345 g/mol. The minimum atomic E-state index is 0.559. The maximum atomic E-state index is 5.54. The monoisotopic (exact) mass is 344 g/mol. The fraction of sp³-hybridized carbons (Fsp3) is 0.600. The van der Waals surface area contributed by atoms with E-state index in [1.165, 1.54) is 48.5 Å². The summed E-state index contributed by atoms with van der Waals surface area (Å²) in [6.45, 7) is 6.79. The highest BCUT2D eigenvalue weighted by molar-refractivity contribution is 7.11. The largest absolute Gasteiger partial charge is 0.468 e. The van der Waals surface area contributed by atoms with E-state index in [0.29, 0.717) is 5.41 Å². The summed E-state index contributed by atoms with van der Waals surface area (Å²) < 4.78 is 5.54. The SMILES string of the molecule is Cc1ccc(CN2CCC3(CC[C@@H]3N(C)Cc3ccco3)CC2)s1. The Bertz CT molecular complexity index is 655. The molecule has 0 amide bonds. The molecule has 2 fully saturated rings. The van der Waals surface area contributed by atoms with Gasteiger partial charge in [-0.1, -0.05) is 0 Å². The molecular weight excluding hydrogens is 316 g/mol. The van der Waals surface area contributed by atoms with Crippen LogP contribution in [-0.2, 0) is 13.1 Å². The Morgan fingerprint density at radius 3 is 2.67 bits per heavy atom. The molecule has 130 valence electrons. The van der Waals surface area contributed by atoms with Crippen LogP contribution in [0.15, 0.2) is 34.9 Å². The van der Waals surface area contributed by atoms with Crippen LogP contribution in [0.3, 0.4) is 0 Å². The predicted molar refractivity (Wildman–Crippen MR) is 99.2 cm³/mol. The maximum Gasteiger partial charge on any atom is 0.117 e. The Hall–Kier alpha value is -1.10. The molecule has 2 aromatic heterocycles. The van der Waals surface area contributed by atoms with E-state index in [9.17, 15) is 0 Å². The quantitative estimate of drug-likeness (QED) is 0.795. The van der Waals surface area contributed by atoms with E-state index in [1.807, 2.05) is 17.4 Å². The van der Waals surface area contributed by atoms with Crippen LogP contribution in [-0.4, -0.2) is 36.0 Å². The van der Waals surface area contributed by atoms with E-state index < -0.39 is 0 Å². The number of furan rings is 1. The van der Waals surface area contributed by atoms with Gasteiger partial charge in [0.15, 0.2) is 0 Å². The van der Waals surface area contributed by atoms with E-state index in [4.69, 9.17) is 4.42 Å². The third-order valence-corrected chi connectivity index (χ3v) is 7.15. The van der Waals surface area contributed by atoms with Crippen molar-refractivity contribution in [2.75, 3.05) is 20.1 Å². The highest BCUT2D eigenvalue weighted by atomic mass is 32.1. The van der Waals surface area contributed by atoms with E-state index in [0.717, 1.165) is 24.9 Å². The molecule has 3 nitrogen and oxygen atoms in total. The van der Waals surface area contributed by atoms with Gasteiger partial charge in [0.05, 0.1) is 12.8 Å². The van der Waals surface area contributed by atoms with Crippen LogP contribution < -0.4 is 0 Å². The molecule has 0 radical (unpaired) electrons. The fourth-order valence-electron chi connectivity index (χ4n) is 4.66. The lowest BCUT2D eigenvalue weighted by atomic mass is 9.59. The molecule has 4 rings (SSSR count). The van der Waals surface area contributed by atoms with Crippen molar-refractivity contribution in [3.8, 4) is 0 Å². The van der Waals surface area contributed by atoms with Gasteiger partial charge in [-0.05, 0) is 82.4 Å². The Morgan fingerprint density at radius 2 is 2.08 bits per heavy atom. The van der Waals surface area contributed by atoms with Crippen molar-refractivity contribution in [3.05, 3.63) is 46.0 Å². The number of thiophene rings is 1. The number of aryl methyl sites for hydroxylation is 1. The molecule has 24 heavy (non-hydrogen) atoms. The zero-order chi connectivity index (χ0) is 16.6. The smallest absolute Gasteiger partial charge is 0.117 e. The number of rotatable bonds is 5. The highest BCUT2D eigenvalue weighted by Gasteiger charge is 2.49. The maximum absolute atomic E-state index is 5.54. The van der Waals surface area contributed by atoms with Crippen molar-refractivity contribution in [2.24, 2.45) is 5.41 Å². The summed E-state index contributed by atoms with van der Waals surface area (Å²) in [5, 5.41) is 0. The van der Waals surface area contributed by atoms with Crippen LogP contribution in [0.5, 0.6) is 0 Å². The van der Waals surface area contributed by atoms with Gasteiger partial charge in [0, 0.05) is 22.3 Å². The topological polar surface area (TPSA) is 19.6 Å². The molecule has 2 aliphatic rings. The number of nitrogens with zero attached hydrogens (tertiary/aromatic N) is 2. The summed E-state index contributed by atoms with van der Waals surface area (Å²) in [6.07, 6.45) is 7.24. The second-order valence-corrected chi connectivity index (χ2v) is 9.07. The van der Waals surface area contributed by atoms with Gasteiger partial charge in [-0.15, -0.1) is 11.3 Å². The van der Waals surface area contributed by atoms with Crippen LogP contribution in [0.25, 0.3) is 0 Å². The van der Waals surface area contributed by atoms with Crippen LogP contribution in [0.4, 0.5) is 0 Å². The highest BCUT2D eigenvalue weighted by Crippen LogP contribution is 2.51. The first-order valence-electron chi connectivity index (χ1n) is 9.15. The van der Waals surface area contributed by atoms with Gasteiger partial charge >= 0.3 is 0 Å².